The van der Waals surface area contributed by atoms with Crippen LogP contribution in [-0.4, -0.2) is 20.9 Å². The van der Waals surface area contributed by atoms with E-state index in [1.807, 2.05) is 0 Å². The number of carbonyl (C=O) groups is 1. The van der Waals surface area contributed by atoms with E-state index >= 15 is 0 Å². The number of amides is 1. The fraction of sp³-hybridized carbons (Fsp3) is 0.364. The van der Waals surface area contributed by atoms with Crippen LogP contribution in [0.3, 0.4) is 0 Å². The molecule has 0 saturated carbocycles. The summed E-state index contributed by atoms with van der Waals surface area (Å²) in [5.74, 6) is -0.204. The maximum atomic E-state index is 11.5. The van der Waals surface area contributed by atoms with E-state index in [1.165, 1.54) is 6.07 Å². The van der Waals surface area contributed by atoms with Crippen molar-refractivity contribution in [2.24, 2.45) is 10.9 Å². The molecule has 0 unspecified atom stereocenters. The number of rotatable bonds is 5. The molecule has 0 aliphatic carbocycles. The van der Waals surface area contributed by atoms with Crippen molar-refractivity contribution in [3.05, 3.63) is 23.8 Å². The van der Waals surface area contributed by atoms with Crippen molar-refractivity contribution in [2.45, 2.75) is 24.7 Å². The van der Waals surface area contributed by atoms with Crippen molar-refractivity contribution in [3.8, 4) is 0 Å². The summed E-state index contributed by atoms with van der Waals surface area (Å²) < 4.78 is 22.6. The standard InChI is InChI=1S/C11H17N3O3S/c1-8-4-5-9(7-10(8)18(13,16)17)14-11(15)3-2-6-12/h4-5,7H,2-3,6,12H2,1H3,(H,14,15)(H2,13,16,17). The molecule has 1 rings (SSSR count). The van der Waals surface area contributed by atoms with Gasteiger partial charge in [0.1, 0.15) is 0 Å². The highest BCUT2D eigenvalue weighted by atomic mass is 32.2. The van der Waals surface area contributed by atoms with Gasteiger partial charge in [-0.25, -0.2) is 13.6 Å². The molecule has 1 aromatic rings. The molecule has 0 aromatic heterocycles. The van der Waals surface area contributed by atoms with Crippen LogP contribution in [0.4, 0.5) is 5.69 Å². The van der Waals surface area contributed by atoms with E-state index in [2.05, 4.69) is 5.32 Å². The molecule has 100 valence electrons. The molecule has 0 spiro atoms. The molecule has 0 fully saturated rings. The molecule has 5 N–H and O–H groups in total. The number of primary sulfonamides is 1. The molecule has 0 aliphatic heterocycles. The smallest absolute Gasteiger partial charge is 0.238 e. The van der Waals surface area contributed by atoms with Gasteiger partial charge in [0.05, 0.1) is 4.90 Å². The Kier molecular flexibility index (Phi) is 4.83. The van der Waals surface area contributed by atoms with Crippen LogP contribution in [-0.2, 0) is 14.8 Å². The first-order valence-electron chi connectivity index (χ1n) is 5.48. The molecule has 18 heavy (non-hydrogen) atoms. The molecule has 1 aromatic carbocycles. The Bertz CT molecular complexity index is 540. The van der Waals surface area contributed by atoms with Gasteiger partial charge in [0.25, 0.3) is 0 Å². The van der Waals surface area contributed by atoms with Crippen molar-refractivity contribution < 1.29 is 13.2 Å². The highest BCUT2D eigenvalue weighted by Gasteiger charge is 2.12. The molecule has 7 heteroatoms. The van der Waals surface area contributed by atoms with Gasteiger partial charge in [-0.3, -0.25) is 4.79 Å². The van der Waals surface area contributed by atoms with Gasteiger partial charge in [-0.05, 0) is 37.6 Å². The lowest BCUT2D eigenvalue weighted by Gasteiger charge is -2.08. The predicted octanol–water partition coefficient (Wildman–Crippen LogP) is 0.320. The number of hydrogen-bond donors (Lipinski definition) is 3. The number of carbonyl (C=O) groups excluding carboxylic acids is 1. The summed E-state index contributed by atoms with van der Waals surface area (Å²) in [7, 11) is -3.78. The van der Waals surface area contributed by atoms with Gasteiger partial charge in [-0.2, -0.15) is 0 Å². The lowest BCUT2D eigenvalue weighted by atomic mass is 10.2. The minimum Gasteiger partial charge on any atom is -0.330 e. The first-order chi connectivity index (χ1) is 8.34. The molecule has 6 nitrogen and oxygen atoms in total. The van der Waals surface area contributed by atoms with Crippen LogP contribution in [0.2, 0.25) is 0 Å². The minimum atomic E-state index is -3.78. The van der Waals surface area contributed by atoms with Crippen LogP contribution in [0.5, 0.6) is 0 Å². The Labute approximate surface area is 106 Å². The monoisotopic (exact) mass is 271 g/mol. The highest BCUT2D eigenvalue weighted by molar-refractivity contribution is 7.89. The summed E-state index contributed by atoms with van der Waals surface area (Å²) >= 11 is 0. The number of aryl methyl sites for hydroxylation is 1. The van der Waals surface area contributed by atoms with Crippen LogP contribution in [0.25, 0.3) is 0 Å². The van der Waals surface area contributed by atoms with Crippen molar-refractivity contribution in [3.63, 3.8) is 0 Å². The Balaban J connectivity index is 2.90. The second kappa shape index (κ2) is 5.94. The molecule has 0 heterocycles. The summed E-state index contributed by atoms with van der Waals surface area (Å²) in [6.45, 7) is 2.07. The molecule has 0 saturated heterocycles. The van der Waals surface area contributed by atoms with Gasteiger partial charge < -0.3 is 11.1 Å². The molecular weight excluding hydrogens is 254 g/mol. The van der Waals surface area contributed by atoms with E-state index in [9.17, 15) is 13.2 Å². The van der Waals surface area contributed by atoms with Crippen molar-refractivity contribution >= 4 is 21.6 Å². The SMILES string of the molecule is Cc1ccc(NC(=O)CCCN)cc1S(N)(=O)=O. The lowest BCUT2D eigenvalue weighted by Crippen LogP contribution is -2.16. The summed E-state index contributed by atoms with van der Waals surface area (Å²) in [5, 5.41) is 7.68. The third-order valence-corrected chi connectivity index (χ3v) is 3.44. The van der Waals surface area contributed by atoms with E-state index in [0.29, 0.717) is 30.6 Å². The van der Waals surface area contributed by atoms with Crippen LogP contribution in [0.1, 0.15) is 18.4 Å². The third kappa shape index (κ3) is 4.10. The number of anilines is 1. The van der Waals surface area contributed by atoms with Gasteiger partial charge in [0.15, 0.2) is 0 Å². The number of nitrogens with one attached hydrogen (secondary N) is 1. The topological polar surface area (TPSA) is 115 Å². The van der Waals surface area contributed by atoms with Crippen LogP contribution < -0.4 is 16.2 Å². The fourth-order valence-corrected chi connectivity index (χ4v) is 2.28. The average molecular weight is 271 g/mol. The Morgan fingerprint density at radius 1 is 1.39 bits per heavy atom. The van der Waals surface area contributed by atoms with Gasteiger partial charge in [0.2, 0.25) is 15.9 Å². The van der Waals surface area contributed by atoms with Crippen molar-refractivity contribution in [1.82, 2.24) is 0 Å². The minimum absolute atomic E-state index is 0.0131. The molecular formula is C11H17N3O3S. The first-order valence-corrected chi connectivity index (χ1v) is 7.02. The molecule has 0 aliphatic rings. The third-order valence-electron chi connectivity index (χ3n) is 2.39. The normalized spacial score (nSPS) is 11.3. The van der Waals surface area contributed by atoms with E-state index in [4.69, 9.17) is 10.9 Å². The predicted molar refractivity (Wildman–Crippen MR) is 69.5 cm³/mol. The molecule has 0 bridgehead atoms. The van der Waals surface area contributed by atoms with E-state index < -0.39 is 10.0 Å². The van der Waals surface area contributed by atoms with E-state index in [0.717, 1.165) is 0 Å². The van der Waals surface area contributed by atoms with Crippen molar-refractivity contribution in [1.29, 1.82) is 0 Å². The summed E-state index contributed by atoms with van der Waals surface area (Å²) in [5.41, 5.74) is 6.24. The Hall–Kier alpha value is -1.44. The second-order valence-corrected chi connectivity index (χ2v) is 5.50. The van der Waals surface area contributed by atoms with Gasteiger partial charge in [-0.1, -0.05) is 6.07 Å². The maximum Gasteiger partial charge on any atom is 0.238 e. The quantitative estimate of drug-likeness (QED) is 0.715. The zero-order chi connectivity index (χ0) is 13.8. The van der Waals surface area contributed by atoms with Crippen LogP contribution in [0, 0.1) is 6.92 Å². The van der Waals surface area contributed by atoms with Gasteiger partial charge in [-0.15, -0.1) is 0 Å². The summed E-state index contributed by atoms with van der Waals surface area (Å²) in [4.78, 5) is 11.5. The number of hydrogen-bond acceptors (Lipinski definition) is 4. The van der Waals surface area contributed by atoms with Gasteiger partial charge >= 0.3 is 0 Å². The fourth-order valence-electron chi connectivity index (χ4n) is 1.47. The number of nitrogens with two attached hydrogens (primary N) is 2. The van der Waals surface area contributed by atoms with E-state index in [-0.39, 0.29) is 10.8 Å². The first kappa shape index (κ1) is 14.6. The summed E-state index contributed by atoms with van der Waals surface area (Å²) in [6.07, 6.45) is 0.884. The van der Waals surface area contributed by atoms with E-state index in [1.54, 1.807) is 19.1 Å². The van der Waals surface area contributed by atoms with Crippen LogP contribution >= 0.6 is 0 Å². The number of benzene rings is 1. The largest absolute Gasteiger partial charge is 0.330 e. The molecule has 0 atom stereocenters. The molecule has 1 amide bonds. The number of sulfonamides is 1. The van der Waals surface area contributed by atoms with Crippen molar-refractivity contribution in [2.75, 3.05) is 11.9 Å². The Morgan fingerprint density at radius 2 is 2.06 bits per heavy atom. The van der Waals surface area contributed by atoms with Crippen LogP contribution in [0.15, 0.2) is 23.1 Å². The van der Waals surface area contributed by atoms with Gasteiger partial charge in [0, 0.05) is 12.1 Å². The summed E-state index contributed by atoms with van der Waals surface area (Å²) in [6, 6.07) is 4.58. The average Bonchev–Trinajstić information content (AvgIpc) is 2.27. The maximum absolute atomic E-state index is 11.5. The zero-order valence-electron chi connectivity index (χ0n) is 10.1. The lowest BCUT2D eigenvalue weighted by molar-refractivity contribution is -0.116. The highest BCUT2D eigenvalue weighted by Crippen LogP contribution is 2.19. The second-order valence-electron chi connectivity index (χ2n) is 3.97. The molecule has 0 radical (unpaired) electrons. The zero-order valence-corrected chi connectivity index (χ0v) is 11.0. The Morgan fingerprint density at radius 3 is 2.61 bits per heavy atom.